The molecule has 9 nitrogen and oxygen atoms in total. The molecule has 0 saturated heterocycles. The Labute approximate surface area is 144 Å². The smallest absolute Gasteiger partial charge is 0.321 e. The molecule has 134 valence electrons. The standard InChI is InChI=1S/C16H21N5O4/c1-2-7-21(9-13(22)18-16(23)17-11-5-6-11)10-14-19-20-15(25-14)12-4-3-8-24-12/h3-4,8,11H,2,5-7,9-10H2,1H3,(H2,17,18,22,23). The van der Waals surface area contributed by atoms with Gasteiger partial charge >= 0.3 is 6.03 Å². The van der Waals surface area contributed by atoms with E-state index < -0.39 is 6.03 Å². The SMILES string of the molecule is CCCN(CC(=O)NC(=O)NC1CC1)Cc1nnc(-c2ccco2)o1. The van der Waals surface area contributed by atoms with Crippen LogP contribution < -0.4 is 10.6 Å². The average Bonchev–Trinajstić information content (AvgIpc) is 3.02. The van der Waals surface area contributed by atoms with Crippen LogP contribution >= 0.6 is 0 Å². The van der Waals surface area contributed by atoms with Gasteiger partial charge in [-0.2, -0.15) is 0 Å². The predicted molar refractivity (Wildman–Crippen MR) is 87.3 cm³/mol. The second-order valence-electron chi connectivity index (χ2n) is 5.98. The molecule has 0 radical (unpaired) electrons. The number of furan rings is 1. The predicted octanol–water partition coefficient (Wildman–Crippen LogP) is 1.53. The van der Waals surface area contributed by atoms with E-state index in [9.17, 15) is 9.59 Å². The zero-order chi connectivity index (χ0) is 17.6. The molecule has 3 rings (SSSR count). The lowest BCUT2D eigenvalue weighted by Crippen LogP contribution is -2.45. The summed E-state index contributed by atoms with van der Waals surface area (Å²) >= 11 is 0. The number of carbonyl (C=O) groups excluding carboxylic acids is 2. The molecule has 1 fully saturated rings. The van der Waals surface area contributed by atoms with E-state index in [2.05, 4.69) is 20.8 Å². The maximum atomic E-state index is 12.0. The minimum atomic E-state index is -0.443. The van der Waals surface area contributed by atoms with E-state index in [4.69, 9.17) is 8.83 Å². The third-order valence-electron chi connectivity index (χ3n) is 3.63. The van der Waals surface area contributed by atoms with E-state index in [1.807, 2.05) is 11.8 Å². The van der Waals surface area contributed by atoms with Gasteiger partial charge in [0.05, 0.1) is 19.4 Å². The molecule has 2 aromatic heterocycles. The minimum absolute atomic E-state index is 0.0738. The van der Waals surface area contributed by atoms with Gasteiger partial charge in [0.1, 0.15) is 0 Å². The maximum Gasteiger partial charge on any atom is 0.321 e. The molecule has 0 bridgehead atoms. The van der Waals surface area contributed by atoms with Crippen LogP contribution in [0.2, 0.25) is 0 Å². The molecule has 0 atom stereocenters. The number of hydrogen-bond acceptors (Lipinski definition) is 7. The summed E-state index contributed by atoms with van der Waals surface area (Å²) in [6.45, 7) is 3.06. The monoisotopic (exact) mass is 347 g/mol. The van der Waals surface area contributed by atoms with Crippen molar-refractivity contribution in [1.29, 1.82) is 0 Å². The zero-order valence-corrected chi connectivity index (χ0v) is 14.0. The summed E-state index contributed by atoms with van der Waals surface area (Å²) in [6.07, 6.45) is 4.32. The van der Waals surface area contributed by atoms with Crippen LogP contribution in [0.3, 0.4) is 0 Å². The van der Waals surface area contributed by atoms with E-state index in [0.29, 0.717) is 30.6 Å². The molecule has 2 heterocycles. The Morgan fingerprint density at radius 3 is 2.88 bits per heavy atom. The lowest BCUT2D eigenvalue weighted by atomic mass is 10.3. The van der Waals surface area contributed by atoms with Crippen molar-refractivity contribution in [3.05, 3.63) is 24.3 Å². The third-order valence-corrected chi connectivity index (χ3v) is 3.63. The molecular weight excluding hydrogens is 326 g/mol. The van der Waals surface area contributed by atoms with Crippen LogP contribution in [-0.4, -0.2) is 46.2 Å². The summed E-state index contributed by atoms with van der Waals surface area (Å²) in [5, 5.41) is 13.0. The first-order chi connectivity index (χ1) is 12.1. The molecule has 1 aliphatic carbocycles. The normalized spacial score (nSPS) is 13.8. The van der Waals surface area contributed by atoms with E-state index in [0.717, 1.165) is 19.3 Å². The molecule has 1 saturated carbocycles. The Balaban J connectivity index is 1.53. The van der Waals surface area contributed by atoms with Crippen molar-refractivity contribution in [2.24, 2.45) is 0 Å². The van der Waals surface area contributed by atoms with Gasteiger partial charge in [-0.05, 0) is 37.9 Å². The highest BCUT2D eigenvalue weighted by molar-refractivity contribution is 5.95. The van der Waals surface area contributed by atoms with Crippen molar-refractivity contribution in [2.45, 2.75) is 38.8 Å². The first-order valence-corrected chi connectivity index (χ1v) is 8.33. The first kappa shape index (κ1) is 17.2. The molecule has 0 unspecified atom stereocenters. The molecule has 0 spiro atoms. The first-order valence-electron chi connectivity index (χ1n) is 8.33. The number of carbonyl (C=O) groups is 2. The molecule has 0 aliphatic heterocycles. The van der Waals surface area contributed by atoms with Crippen molar-refractivity contribution in [2.75, 3.05) is 13.1 Å². The van der Waals surface area contributed by atoms with Gasteiger partial charge in [0.2, 0.25) is 11.8 Å². The maximum absolute atomic E-state index is 12.0. The van der Waals surface area contributed by atoms with Gasteiger partial charge in [0, 0.05) is 6.04 Å². The highest BCUT2D eigenvalue weighted by Crippen LogP contribution is 2.19. The van der Waals surface area contributed by atoms with Crippen LogP contribution in [0, 0.1) is 0 Å². The van der Waals surface area contributed by atoms with Crippen molar-refractivity contribution >= 4 is 11.9 Å². The molecule has 2 N–H and O–H groups in total. The number of amides is 3. The van der Waals surface area contributed by atoms with E-state index in [1.165, 1.54) is 6.26 Å². The molecule has 3 amide bonds. The number of imide groups is 1. The number of nitrogens with one attached hydrogen (secondary N) is 2. The van der Waals surface area contributed by atoms with E-state index in [1.54, 1.807) is 12.1 Å². The van der Waals surface area contributed by atoms with Gasteiger partial charge in [-0.25, -0.2) is 4.79 Å². The lowest BCUT2D eigenvalue weighted by Gasteiger charge is -2.18. The Morgan fingerprint density at radius 1 is 1.36 bits per heavy atom. The summed E-state index contributed by atoms with van der Waals surface area (Å²) in [7, 11) is 0. The van der Waals surface area contributed by atoms with Gasteiger partial charge in [-0.15, -0.1) is 10.2 Å². The molecule has 25 heavy (non-hydrogen) atoms. The molecule has 1 aliphatic rings. The lowest BCUT2D eigenvalue weighted by molar-refractivity contribution is -0.121. The molecule has 2 aromatic rings. The van der Waals surface area contributed by atoms with Crippen molar-refractivity contribution < 1.29 is 18.4 Å². The number of hydrogen-bond donors (Lipinski definition) is 2. The molecular formula is C16H21N5O4. The van der Waals surface area contributed by atoms with E-state index in [-0.39, 0.29) is 18.5 Å². The quantitative estimate of drug-likeness (QED) is 0.744. The van der Waals surface area contributed by atoms with Gasteiger partial charge in [-0.3, -0.25) is 15.0 Å². The number of aromatic nitrogens is 2. The van der Waals surface area contributed by atoms with Gasteiger partial charge in [0.15, 0.2) is 5.76 Å². The Bertz CT molecular complexity index is 708. The van der Waals surface area contributed by atoms with Crippen LogP contribution in [0.4, 0.5) is 4.79 Å². The van der Waals surface area contributed by atoms with Crippen molar-refractivity contribution in [3.63, 3.8) is 0 Å². The van der Waals surface area contributed by atoms with Crippen LogP contribution in [0.25, 0.3) is 11.7 Å². The van der Waals surface area contributed by atoms with Crippen molar-refractivity contribution in [1.82, 2.24) is 25.7 Å². The second-order valence-corrected chi connectivity index (χ2v) is 5.98. The van der Waals surface area contributed by atoms with Crippen LogP contribution in [0.15, 0.2) is 27.2 Å². The number of urea groups is 1. The summed E-state index contributed by atoms with van der Waals surface area (Å²) < 4.78 is 10.8. The van der Waals surface area contributed by atoms with Crippen LogP contribution in [0.5, 0.6) is 0 Å². The number of rotatable bonds is 8. The van der Waals surface area contributed by atoms with Gasteiger partial charge in [-0.1, -0.05) is 6.92 Å². The second kappa shape index (κ2) is 7.93. The van der Waals surface area contributed by atoms with Gasteiger partial charge in [0.25, 0.3) is 5.89 Å². The zero-order valence-electron chi connectivity index (χ0n) is 14.0. The average molecular weight is 347 g/mol. The number of nitrogens with zero attached hydrogens (tertiary/aromatic N) is 3. The molecule has 9 heteroatoms. The fraction of sp³-hybridized carbons (Fsp3) is 0.500. The molecule has 0 aromatic carbocycles. The van der Waals surface area contributed by atoms with E-state index >= 15 is 0 Å². The summed E-state index contributed by atoms with van der Waals surface area (Å²) in [5.74, 6) is 0.812. The summed E-state index contributed by atoms with van der Waals surface area (Å²) in [5.41, 5.74) is 0. The highest BCUT2D eigenvalue weighted by Gasteiger charge is 2.24. The van der Waals surface area contributed by atoms with Crippen LogP contribution in [0.1, 0.15) is 32.1 Å². The minimum Gasteiger partial charge on any atom is -0.459 e. The fourth-order valence-electron chi connectivity index (χ4n) is 2.36. The highest BCUT2D eigenvalue weighted by atomic mass is 16.4. The van der Waals surface area contributed by atoms with Gasteiger partial charge < -0.3 is 14.2 Å². The fourth-order valence-corrected chi connectivity index (χ4v) is 2.36. The third kappa shape index (κ3) is 5.15. The Morgan fingerprint density at radius 2 is 2.20 bits per heavy atom. The summed E-state index contributed by atoms with van der Waals surface area (Å²) in [6, 6.07) is 3.23. The summed E-state index contributed by atoms with van der Waals surface area (Å²) in [4.78, 5) is 25.5. The van der Waals surface area contributed by atoms with Crippen LogP contribution in [-0.2, 0) is 11.3 Å². The largest absolute Gasteiger partial charge is 0.459 e. The van der Waals surface area contributed by atoms with Crippen molar-refractivity contribution in [3.8, 4) is 11.7 Å². The topological polar surface area (TPSA) is 114 Å². The Hall–Kier alpha value is -2.68. The Kier molecular flexibility index (Phi) is 5.44.